The van der Waals surface area contributed by atoms with Gasteiger partial charge in [-0.15, -0.1) is 0 Å². The summed E-state index contributed by atoms with van der Waals surface area (Å²) in [5, 5.41) is 12.0. The van der Waals surface area contributed by atoms with Crippen molar-refractivity contribution in [2.75, 3.05) is 6.61 Å². The van der Waals surface area contributed by atoms with Crippen molar-refractivity contribution in [3.63, 3.8) is 0 Å². The Morgan fingerprint density at radius 2 is 2.10 bits per heavy atom. The second kappa shape index (κ2) is 5.96. The van der Waals surface area contributed by atoms with Gasteiger partial charge >= 0.3 is 0 Å². The number of hydrogen-bond acceptors (Lipinski definition) is 3. The maximum atomic E-state index is 11.9. The van der Waals surface area contributed by atoms with Crippen LogP contribution >= 0.6 is 0 Å². The van der Waals surface area contributed by atoms with Crippen LogP contribution in [0.3, 0.4) is 0 Å². The molecule has 1 aliphatic carbocycles. The minimum Gasteiger partial charge on any atom is -0.483 e. The zero-order valence-corrected chi connectivity index (χ0v) is 12.0. The van der Waals surface area contributed by atoms with Crippen LogP contribution in [-0.4, -0.2) is 18.1 Å². The summed E-state index contributed by atoms with van der Waals surface area (Å²) in [5.41, 5.74) is 1.41. The Hall–Kier alpha value is -2.02. The molecule has 0 aromatic heterocycles. The first-order valence-corrected chi connectivity index (χ1v) is 6.97. The molecular formula is C16H20N2O2. The molecule has 1 aromatic rings. The molecular weight excluding hydrogens is 252 g/mol. The van der Waals surface area contributed by atoms with Crippen LogP contribution in [0.15, 0.2) is 18.2 Å². The van der Waals surface area contributed by atoms with Crippen molar-refractivity contribution in [3.8, 4) is 11.8 Å². The predicted molar refractivity (Wildman–Crippen MR) is 76.4 cm³/mol. The van der Waals surface area contributed by atoms with E-state index in [1.54, 1.807) is 0 Å². The van der Waals surface area contributed by atoms with Crippen LogP contribution in [0.1, 0.15) is 36.8 Å². The zero-order valence-electron chi connectivity index (χ0n) is 12.0. The number of nitrogens with zero attached hydrogens (tertiary/aromatic N) is 1. The van der Waals surface area contributed by atoms with Crippen molar-refractivity contribution in [2.45, 2.75) is 45.1 Å². The number of carbonyl (C=O) groups excluding carboxylic acids is 1. The molecule has 1 amide bonds. The van der Waals surface area contributed by atoms with Crippen LogP contribution in [-0.2, 0) is 4.79 Å². The van der Waals surface area contributed by atoms with Crippen LogP contribution in [0.25, 0.3) is 0 Å². The van der Waals surface area contributed by atoms with E-state index in [1.807, 2.05) is 32.0 Å². The van der Waals surface area contributed by atoms with Crippen LogP contribution in [0.5, 0.6) is 5.75 Å². The Morgan fingerprint density at radius 3 is 2.75 bits per heavy atom. The highest BCUT2D eigenvalue weighted by atomic mass is 16.5. The van der Waals surface area contributed by atoms with Gasteiger partial charge in [0.25, 0.3) is 5.91 Å². The first-order valence-electron chi connectivity index (χ1n) is 6.97. The van der Waals surface area contributed by atoms with Crippen LogP contribution in [0.4, 0.5) is 0 Å². The van der Waals surface area contributed by atoms with Gasteiger partial charge in [-0.2, -0.15) is 5.26 Å². The van der Waals surface area contributed by atoms with Gasteiger partial charge in [0.15, 0.2) is 6.61 Å². The summed E-state index contributed by atoms with van der Waals surface area (Å²) in [5.74, 6) is 0.493. The molecule has 0 unspecified atom stereocenters. The molecule has 1 fully saturated rings. The molecule has 1 N–H and O–H groups in total. The van der Waals surface area contributed by atoms with Gasteiger partial charge < -0.3 is 10.1 Å². The maximum absolute atomic E-state index is 11.9. The van der Waals surface area contributed by atoms with Gasteiger partial charge in [0.1, 0.15) is 11.3 Å². The van der Waals surface area contributed by atoms with E-state index < -0.39 is 5.54 Å². The third-order valence-corrected chi connectivity index (χ3v) is 3.75. The molecule has 1 aliphatic rings. The highest BCUT2D eigenvalue weighted by Crippen LogP contribution is 2.28. The fraction of sp³-hybridized carbons (Fsp3) is 0.500. The molecule has 1 aromatic carbocycles. The summed E-state index contributed by atoms with van der Waals surface area (Å²) in [6, 6.07) is 8.13. The van der Waals surface area contributed by atoms with Gasteiger partial charge in [0.05, 0.1) is 6.07 Å². The molecule has 2 rings (SSSR count). The number of rotatable bonds is 4. The predicted octanol–water partition coefficient (Wildman–Crippen LogP) is 2.63. The number of carbonyl (C=O) groups is 1. The molecule has 0 heterocycles. The SMILES string of the molecule is Cc1ccc(C)c(OCC(=O)NC2(C#N)CCCC2)c1. The highest BCUT2D eigenvalue weighted by Gasteiger charge is 2.35. The second-order valence-electron chi connectivity index (χ2n) is 5.51. The van der Waals surface area contributed by atoms with E-state index in [9.17, 15) is 10.1 Å². The standard InChI is InChI=1S/C16H20N2O2/c1-12-5-6-13(2)14(9-12)20-10-15(19)18-16(11-17)7-3-4-8-16/h5-6,9H,3-4,7-8,10H2,1-2H3,(H,18,19). The molecule has 0 atom stereocenters. The van der Waals surface area contributed by atoms with E-state index in [0.29, 0.717) is 0 Å². The van der Waals surface area contributed by atoms with E-state index in [2.05, 4.69) is 11.4 Å². The van der Waals surface area contributed by atoms with Crippen molar-refractivity contribution in [3.05, 3.63) is 29.3 Å². The van der Waals surface area contributed by atoms with Crippen molar-refractivity contribution < 1.29 is 9.53 Å². The number of hydrogen-bond donors (Lipinski definition) is 1. The lowest BCUT2D eigenvalue weighted by Gasteiger charge is -2.22. The molecule has 4 nitrogen and oxygen atoms in total. The lowest BCUT2D eigenvalue weighted by molar-refractivity contribution is -0.124. The highest BCUT2D eigenvalue weighted by molar-refractivity contribution is 5.79. The summed E-state index contributed by atoms with van der Waals surface area (Å²) >= 11 is 0. The topological polar surface area (TPSA) is 62.1 Å². The number of benzene rings is 1. The molecule has 1 saturated carbocycles. The lowest BCUT2D eigenvalue weighted by Crippen LogP contribution is -2.47. The van der Waals surface area contributed by atoms with E-state index in [1.165, 1.54) is 0 Å². The maximum Gasteiger partial charge on any atom is 0.259 e. The van der Waals surface area contributed by atoms with E-state index in [4.69, 9.17) is 4.74 Å². The van der Waals surface area contributed by atoms with Crippen molar-refractivity contribution >= 4 is 5.91 Å². The quantitative estimate of drug-likeness (QED) is 0.916. The van der Waals surface area contributed by atoms with Crippen molar-refractivity contribution in [2.24, 2.45) is 0 Å². The molecule has 20 heavy (non-hydrogen) atoms. The minimum atomic E-state index is -0.678. The second-order valence-corrected chi connectivity index (χ2v) is 5.51. The van der Waals surface area contributed by atoms with Gasteiger partial charge in [0.2, 0.25) is 0 Å². The monoisotopic (exact) mass is 272 g/mol. The summed E-state index contributed by atoms with van der Waals surface area (Å²) < 4.78 is 5.56. The Kier molecular flexibility index (Phi) is 4.29. The Morgan fingerprint density at radius 1 is 1.40 bits per heavy atom. The molecule has 4 heteroatoms. The largest absolute Gasteiger partial charge is 0.483 e. The van der Waals surface area contributed by atoms with Gasteiger partial charge in [0, 0.05) is 0 Å². The van der Waals surface area contributed by atoms with E-state index in [0.717, 1.165) is 42.6 Å². The molecule has 0 bridgehead atoms. The summed E-state index contributed by atoms with van der Waals surface area (Å²) in [4.78, 5) is 11.9. The Balaban J connectivity index is 1.92. The van der Waals surface area contributed by atoms with Crippen LogP contribution in [0.2, 0.25) is 0 Å². The number of amides is 1. The van der Waals surface area contributed by atoms with Gasteiger partial charge in [-0.25, -0.2) is 0 Å². The van der Waals surface area contributed by atoms with Gasteiger partial charge in [-0.05, 0) is 56.7 Å². The van der Waals surface area contributed by atoms with Crippen LogP contribution in [0, 0.1) is 25.2 Å². The van der Waals surface area contributed by atoms with Crippen molar-refractivity contribution in [1.29, 1.82) is 5.26 Å². The Labute approximate surface area is 119 Å². The number of nitrogens with one attached hydrogen (secondary N) is 1. The molecule has 106 valence electrons. The third-order valence-electron chi connectivity index (χ3n) is 3.75. The average molecular weight is 272 g/mol. The normalized spacial score (nSPS) is 16.4. The molecule has 0 aliphatic heterocycles. The van der Waals surface area contributed by atoms with E-state index in [-0.39, 0.29) is 12.5 Å². The summed E-state index contributed by atoms with van der Waals surface area (Å²) in [6.45, 7) is 3.88. The van der Waals surface area contributed by atoms with Crippen molar-refractivity contribution in [1.82, 2.24) is 5.32 Å². The first-order chi connectivity index (χ1) is 9.54. The zero-order chi connectivity index (χ0) is 14.6. The fourth-order valence-corrected chi connectivity index (χ4v) is 2.55. The molecule has 0 spiro atoms. The Bertz CT molecular complexity index is 540. The lowest BCUT2D eigenvalue weighted by atomic mass is 10.00. The van der Waals surface area contributed by atoms with E-state index >= 15 is 0 Å². The first kappa shape index (κ1) is 14.4. The molecule has 0 radical (unpaired) electrons. The number of aryl methyl sites for hydroxylation is 2. The minimum absolute atomic E-state index is 0.0479. The number of ether oxygens (including phenoxy) is 1. The third kappa shape index (κ3) is 3.30. The van der Waals surface area contributed by atoms with Crippen LogP contribution < -0.4 is 10.1 Å². The fourth-order valence-electron chi connectivity index (χ4n) is 2.55. The summed E-state index contributed by atoms with van der Waals surface area (Å²) in [7, 11) is 0. The number of nitriles is 1. The smallest absolute Gasteiger partial charge is 0.259 e. The summed E-state index contributed by atoms with van der Waals surface area (Å²) in [6.07, 6.45) is 3.45. The average Bonchev–Trinajstić information content (AvgIpc) is 2.89. The molecule has 0 saturated heterocycles. The van der Waals surface area contributed by atoms with Gasteiger partial charge in [-0.3, -0.25) is 4.79 Å². The van der Waals surface area contributed by atoms with Gasteiger partial charge in [-0.1, -0.05) is 12.1 Å².